The number of aryl methyl sites for hydroxylation is 1. The molecule has 1 atom stereocenters. The van der Waals surface area contributed by atoms with Crippen LogP contribution >= 0.6 is 11.3 Å². The van der Waals surface area contributed by atoms with Gasteiger partial charge in [-0.1, -0.05) is 6.07 Å². The Hall–Kier alpha value is -1.48. The summed E-state index contributed by atoms with van der Waals surface area (Å²) in [5.74, 6) is 0.879. The third kappa shape index (κ3) is 3.01. The maximum Gasteiger partial charge on any atom is 0.120 e. The summed E-state index contributed by atoms with van der Waals surface area (Å²) < 4.78 is 5.21. The van der Waals surface area contributed by atoms with Gasteiger partial charge in [0.05, 0.1) is 13.2 Å². The fourth-order valence-electron chi connectivity index (χ4n) is 1.72. The van der Waals surface area contributed by atoms with E-state index in [2.05, 4.69) is 37.4 Å². The van der Waals surface area contributed by atoms with Crippen LogP contribution in [0.1, 0.15) is 22.7 Å². The van der Waals surface area contributed by atoms with E-state index >= 15 is 0 Å². The number of rotatable bonds is 4. The van der Waals surface area contributed by atoms with E-state index in [1.165, 1.54) is 9.75 Å². The minimum Gasteiger partial charge on any atom is -0.497 e. The summed E-state index contributed by atoms with van der Waals surface area (Å²) >= 11 is 1.83. The molecule has 1 unspecified atom stereocenters. The lowest BCUT2D eigenvalue weighted by molar-refractivity contribution is 0.415. The maximum absolute atomic E-state index is 5.21. The van der Waals surface area contributed by atoms with Crippen LogP contribution in [0, 0.1) is 6.92 Å². The van der Waals surface area contributed by atoms with Crippen LogP contribution in [0.4, 0.5) is 5.69 Å². The Morgan fingerprint density at radius 2 is 2.06 bits per heavy atom. The van der Waals surface area contributed by atoms with E-state index in [1.807, 2.05) is 29.5 Å². The smallest absolute Gasteiger partial charge is 0.120 e. The Morgan fingerprint density at radius 1 is 1.24 bits per heavy atom. The molecule has 0 spiro atoms. The first-order valence-electron chi connectivity index (χ1n) is 5.66. The SMILES string of the molecule is COc1cccc(NC(C)c2ccc(C)s2)c1. The molecule has 1 N–H and O–H groups in total. The van der Waals surface area contributed by atoms with Crippen LogP contribution in [-0.2, 0) is 0 Å². The Morgan fingerprint density at radius 3 is 2.71 bits per heavy atom. The molecule has 0 bridgehead atoms. The average molecular weight is 247 g/mol. The molecule has 0 aliphatic carbocycles. The Bertz CT molecular complexity index is 492. The van der Waals surface area contributed by atoms with Crippen LogP contribution < -0.4 is 10.1 Å². The number of nitrogens with one attached hydrogen (secondary N) is 1. The van der Waals surface area contributed by atoms with Crippen molar-refractivity contribution in [2.24, 2.45) is 0 Å². The predicted molar refractivity (Wildman–Crippen MR) is 74.1 cm³/mol. The van der Waals surface area contributed by atoms with Crippen molar-refractivity contribution in [3.63, 3.8) is 0 Å². The molecule has 0 fully saturated rings. The van der Waals surface area contributed by atoms with Gasteiger partial charge in [-0.3, -0.25) is 0 Å². The molecule has 3 heteroatoms. The highest BCUT2D eigenvalue weighted by Crippen LogP contribution is 2.27. The number of benzene rings is 1. The third-order valence-electron chi connectivity index (χ3n) is 2.64. The van der Waals surface area contributed by atoms with Crippen molar-refractivity contribution in [3.05, 3.63) is 46.2 Å². The first-order valence-corrected chi connectivity index (χ1v) is 6.47. The zero-order valence-corrected chi connectivity index (χ0v) is 11.2. The molecule has 2 aromatic rings. The second-order valence-electron chi connectivity index (χ2n) is 4.05. The molecule has 0 saturated heterocycles. The molecule has 2 nitrogen and oxygen atoms in total. The van der Waals surface area contributed by atoms with Crippen molar-refractivity contribution in [3.8, 4) is 5.75 Å². The molecule has 90 valence electrons. The van der Waals surface area contributed by atoms with Gasteiger partial charge in [0, 0.05) is 21.5 Å². The molecular formula is C14H17NOS. The molecule has 0 aliphatic rings. The monoisotopic (exact) mass is 247 g/mol. The molecule has 1 heterocycles. The van der Waals surface area contributed by atoms with Crippen LogP contribution in [0.3, 0.4) is 0 Å². The van der Waals surface area contributed by atoms with E-state index in [1.54, 1.807) is 7.11 Å². The lowest BCUT2D eigenvalue weighted by Crippen LogP contribution is -2.04. The summed E-state index contributed by atoms with van der Waals surface area (Å²) in [5.41, 5.74) is 1.09. The van der Waals surface area contributed by atoms with Crippen molar-refractivity contribution in [1.29, 1.82) is 0 Å². The first-order chi connectivity index (χ1) is 8.19. The lowest BCUT2D eigenvalue weighted by atomic mass is 10.2. The zero-order valence-electron chi connectivity index (χ0n) is 10.4. The normalized spacial score (nSPS) is 12.2. The number of hydrogen-bond acceptors (Lipinski definition) is 3. The molecule has 0 saturated carbocycles. The summed E-state index contributed by atoms with van der Waals surface area (Å²) in [4.78, 5) is 2.70. The maximum atomic E-state index is 5.21. The van der Waals surface area contributed by atoms with Gasteiger partial charge in [-0.05, 0) is 38.1 Å². The third-order valence-corrected chi connectivity index (χ3v) is 3.82. The van der Waals surface area contributed by atoms with E-state index in [9.17, 15) is 0 Å². The van der Waals surface area contributed by atoms with Crippen molar-refractivity contribution in [2.45, 2.75) is 19.9 Å². The number of ether oxygens (including phenoxy) is 1. The van der Waals surface area contributed by atoms with Crippen LogP contribution in [-0.4, -0.2) is 7.11 Å². The highest BCUT2D eigenvalue weighted by atomic mass is 32.1. The van der Waals surface area contributed by atoms with Crippen molar-refractivity contribution < 1.29 is 4.74 Å². The second-order valence-corrected chi connectivity index (χ2v) is 5.37. The average Bonchev–Trinajstić information content (AvgIpc) is 2.76. The fraction of sp³-hybridized carbons (Fsp3) is 0.286. The lowest BCUT2D eigenvalue weighted by Gasteiger charge is -2.14. The molecule has 1 aromatic carbocycles. The van der Waals surface area contributed by atoms with Crippen LogP contribution in [0.5, 0.6) is 5.75 Å². The molecular weight excluding hydrogens is 230 g/mol. The molecule has 17 heavy (non-hydrogen) atoms. The quantitative estimate of drug-likeness (QED) is 0.872. The van der Waals surface area contributed by atoms with E-state index in [-0.39, 0.29) is 0 Å². The predicted octanol–water partition coefficient (Wildman–Crippen LogP) is 4.24. The number of hydrogen-bond donors (Lipinski definition) is 1. The molecule has 0 radical (unpaired) electrons. The van der Waals surface area contributed by atoms with Gasteiger partial charge in [0.2, 0.25) is 0 Å². The van der Waals surface area contributed by atoms with Crippen LogP contribution in [0.15, 0.2) is 36.4 Å². The van der Waals surface area contributed by atoms with Gasteiger partial charge in [0.25, 0.3) is 0 Å². The molecule has 0 aliphatic heterocycles. The first kappa shape index (κ1) is 12.0. The minimum absolute atomic E-state index is 0.320. The number of methoxy groups -OCH3 is 1. The van der Waals surface area contributed by atoms with Crippen molar-refractivity contribution >= 4 is 17.0 Å². The van der Waals surface area contributed by atoms with Gasteiger partial charge in [-0.2, -0.15) is 0 Å². The molecule has 0 amide bonds. The van der Waals surface area contributed by atoms with Gasteiger partial charge in [0.1, 0.15) is 5.75 Å². The second kappa shape index (κ2) is 5.23. The minimum atomic E-state index is 0.320. The topological polar surface area (TPSA) is 21.3 Å². The summed E-state index contributed by atoms with van der Waals surface area (Å²) in [7, 11) is 1.69. The highest BCUT2D eigenvalue weighted by molar-refractivity contribution is 7.12. The Kier molecular flexibility index (Phi) is 3.69. The van der Waals surface area contributed by atoms with E-state index < -0.39 is 0 Å². The Labute approximate surface area is 106 Å². The molecule has 1 aromatic heterocycles. The van der Waals surface area contributed by atoms with Gasteiger partial charge < -0.3 is 10.1 Å². The van der Waals surface area contributed by atoms with Crippen molar-refractivity contribution in [2.75, 3.05) is 12.4 Å². The standard InChI is InChI=1S/C14H17NOS/c1-10-7-8-14(17-10)11(2)15-12-5-4-6-13(9-12)16-3/h4-9,11,15H,1-3H3. The van der Waals surface area contributed by atoms with Gasteiger partial charge in [-0.15, -0.1) is 11.3 Å². The summed E-state index contributed by atoms with van der Waals surface area (Å²) in [6.07, 6.45) is 0. The van der Waals surface area contributed by atoms with Gasteiger partial charge >= 0.3 is 0 Å². The summed E-state index contributed by atoms with van der Waals surface area (Å²) in [5, 5.41) is 3.48. The van der Waals surface area contributed by atoms with E-state index in [4.69, 9.17) is 4.74 Å². The van der Waals surface area contributed by atoms with Crippen LogP contribution in [0.2, 0.25) is 0 Å². The van der Waals surface area contributed by atoms with Gasteiger partial charge in [-0.25, -0.2) is 0 Å². The van der Waals surface area contributed by atoms with E-state index in [0.717, 1.165) is 11.4 Å². The number of thiophene rings is 1. The largest absolute Gasteiger partial charge is 0.497 e. The molecule has 2 rings (SSSR count). The fourth-order valence-corrected chi connectivity index (χ4v) is 2.60. The van der Waals surface area contributed by atoms with Crippen LogP contribution in [0.25, 0.3) is 0 Å². The van der Waals surface area contributed by atoms with E-state index in [0.29, 0.717) is 6.04 Å². The highest BCUT2D eigenvalue weighted by Gasteiger charge is 2.07. The summed E-state index contributed by atoms with van der Waals surface area (Å²) in [6.45, 7) is 4.30. The summed E-state index contributed by atoms with van der Waals surface area (Å²) in [6, 6.07) is 12.7. The Balaban J connectivity index is 2.09. The number of anilines is 1. The van der Waals surface area contributed by atoms with Crippen molar-refractivity contribution in [1.82, 2.24) is 0 Å². The zero-order chi connectivity index (χ0) is 12.3. The van der Waals surface area contributed by atoms with Gasteiger partial charge in [0.15, 0.2) is 0 Å².